The number of halogens is 2. The van der Waals surface area contributed by atoms with E-state index in [1.54, 1.807) is 6.20 Å². The lowest BCUT2D eigenvalue weighted by Crippen LogP contribution is -2.12. The largest absolute Gasteiger partial charge is 0.460 e. The molecule has 3 aromatic rings. The van der Waals surface area contributed by atoms with Gasteiger partial charge in [0.25, 0.3) is 0 Å². The second kappa shape index (κ2) is 8.29. The van der Waals surface area contributed by atoms with Gasteiger partial charge in [0, 0.05) is 29.0 Å². The zero-order chi connectivity index (χ0) is 15.4. The van der Waals surface area contributed by atoms with Gasteiger partial charge in [0.2, 0.25) is 0 Å². The van der Waals surface area contributed by atoms with Gasteiger partial charge in [-0.3, -0.25) is 4.98 Å². The Balaban J connectivity index is 0.00000192. The highest BCUT2D eigenvalue weighted by Gasteiger charge is 2.06. The third-order valence-electron chi connectivity index (χ3n) is 3.46. The summed E-state index contributed by atoms with van der Waals surface area (Å²) in [7, 11) is 0. The minimum Gasteiger partial charge on any atom is -0.460 e. The monoisotopic (exact) mass is 392 g/mol. The molecule has 0 saturated carbocycles. The molecule has 0 fully saturated rings. The van der Waals surface area contributed by atoms with Crippen molar-refractivity contribution in [1.82, 2.24) is 10.3 Å². The van der Waals surface area contributed by atoms with Gasteiger partial charge < -0.3 is 9.73 Å². The summed E-state index contributed by atoms with van der Waals surface area (Å²) in [5, 5.41) is 3.36. The maximum Gasteiger partial charge on any atom is 0.134 e. The summed E-state index contributed by atoms with van der Waals surface area (Å²) in [6, 6.07) is 14.3. The summed E-state index contributed by atoms with van der Waals surface area (Å²) >= 11 is 3.52. The quantitative estimate of drug-likeness (QED) is 0.653. The van der Waals surface area contributed by atoms with Gasteiger partial charge in [0.1, 0.15) is 11.5 Å². The maximum atomic E-state index is 5.91. The number of nitrogens with one attached hydrogen (secondary N) is 1. The van der Waals surface area contributed by atoms with Crippen LogP contribution in [0, 0.1) is 6.92 Å². The number of nitrogens with zero attached hydrogens (tertiary/aromatic N) is 1. The van der Waals surface area contributed by atoms with Crippen LogP contribution in [0.5, 0.6) is 0 Å². The average molecular weight is 394 g/mol. The van der Waals surface area contributed by atoms with Crippen molar-refractivity contribution in [1.29, 1.82) is 0 Å². The summed E-state index contributed by atoms with van der Waals surface area (Å²) in [4.78, 5) is 4.10. The number of benzene rings is 1. The molecule has 0 unspecified atom stereocenters. The van der Waals surface area contributed by atoms with E-state index in [1.807, 2.05) is 30.5 Å². The predicted octanol–water partition coefficient (Wildman–Crippen LogP) is 5.12. The Kier molecular flexibility index (Phi) is 6.39. The van der Waals surface area contributed by atoms with Gasteiger partial charge in [0.05, 0.1) is 6.54 Å². The number of furan rings is 1. The number of pyridine rings is 1. The fourth-order valence-corrected chi connectivity index (χ4v) is 2.51. The molecule has 120 valence electrons. The topological polar surface area (TPSA) is 38.1 Å². The van der Waals surface area contributed by atoms with E-state index in [0.29, 0.717) is 6.54 Å². The number of aryl methyl sites for hydroxylation is 1. The summed E-state index contributed by atoms with van der Waals surface area (Å²) in [5.74, 6) is 1.83. The molecule has 0 radical (unpaired) electrons. The molecule has 0 atom stereocenters. The van der Waals surface area contributed by atoms with Crippen LogP contribution >= 0.6 is 28.3 Å². The lowest BCUT2D eigenvalue weighted by Gasteiger charge is -2.03. The Morgan fingerprint density at radius 3 is 2.74 bits per heavy atom. The highest BCUT2D eigenvalue weighted by molar-refractivity contribution is 9.10. The van der Waals surface area contributed by atoms with Gasteiger partial charge in [-0.05, 0) is 48.4 Å². The third-order valence-corrected chi connectivity index (χ3v) is 4.35. The van der Waals surface area contributed by atoms with Crippen molar-refractivity contribution in [3.63, 3.8) is 0 Å². The molecule has 1 aromatic carbocycles. The molecular weight excluding hydrogens is 376 g/mol. The van der Waals surface area contributed by atoms with Gasteiger partial charge in [-0.15, -0.1) is 12.4 Å². The number of hydrogen-bond acceptors (Lipinski definition) is 3. The van der Waals surface area contributed by atoms with Crippen molar-refractivity contribution in [3.8, 4) is 11.3 Å². The molecule has 0 spiro atoms. The Labute approximate surface area is 150 Å². The van der Waals surface area contributed by atoms with Crippen molar-refractivity contribution >= 4 is 28.3 Å². The van der Waals surface area contributed by atoms with Crippen LogP contribution in [0.25, 0.3) is 11.3 Å². The molecule has 2 aromatic heterocycles. The molecule has 0 aliphatic carbocycles. The van der Waals surface area contributed by atoms with Crippen LogP contribution in [0.1, 0.15) is 16.9 Å². The molecule has 0 saturated heterocycles. The van der Waals surface area contributed by atoms with E-state index >= 15 is 0 Å². The van der Waals surface area contributed by atoms with Gasteiger partial charge in [-0.2, -0.15) is 0 Å². The zero-order valence-electron chi connectivity index (χ0n) is 12.8. The molecule has 0 bridgehead atoms. The van der Waals surface area contributed by atoms with E-state index in [9.17, 15) is 0 Å². The minimum absolute atomic E-state index is 0. The molecule has 3 rings (SSSR count). The lowest BCUT2D eigenvalue weighted by atomic mass is 10.1. The van der Waals surface area contributed by atoms with Crippen molar-refractivity contribution < 1.29 is 4.42 Å². The second-order valence-electron chi connectivity index (χ2n) is 5.19. The first-order valence-electron chi connectivity index (χ1n) is 7.17. The normalized spacial score (nSPS) is 10.3. The highest BCUT2D eigenvalue weighted by atomic mass is 79.9. The van der Waals surface area contributed by atoms with Gasteiger partial charge in [-0.1, -0.05) is 28.1 Å². The highest BCUT2D eigenvalue weighted by Crippen LogP contribution is 2.26. The van der Waals surface area contributed by atoms with E-state index < -0.39 is 0 Å². The molecule has 23 heavy (non-hydrogen) atoms. The average Bonchev–Trinajstić information content (AvgIpc) is 3.00. The molecule has 0 aliphatic rings. The van der Waals surface area contributed by atoms with E-state index in [-0.39, 0.29) is 12.4 Å². The Hall–Kier alpha value is -1.62. The summed E-state index contributed by atoms with van der Waals surface area (Å²) in [5.41, 5.74) is 3.46. The number of hydrogen-bond donors (Lipinski definition) is 1. The summed E-state index contributed by atoms with van der Waals surface area (Å²) in [6.45, 7) is 3.55. The zero-order valence-corrected chi connectivity index (χ0v) is 15.2. The van der Waals surface area contributed by atoms with Gasteiger partial charge >= 0.3 is 0 Å². The molecule has 3 nitrogen and oxygen atoms in total. The number of rotatable bonds is 5. The Bertz CT molecular complexity index is 759. The molecule has 0 aliphatic heterocycles. The van der Waals surface area contributed by atoms with Crippen LogP contribution < -0.4 is 5.32 Å². The third kappa shape index (κ3) is 4.67. The fourth-order valence-electron chi connectivity index (χ4n) is 2.26. The van der Waals surface area contributed by atoms with Crippen LogP contribution in [-0.2, 0) is 13.1 Å². The first-order chi connectivity index (χ1) is 10.7. The van der Waals surface area contributed by atoms with Crippen LogP contribution in [-0.4, -0.2) is 4.98 Å². The van der Waals surface area contributed by atoms with Crippen molar-refractivity contribution in [2.45, 2.75) is 20.0 Å². The summed E-state index contributed by atoms with van der Waals surface area (Å²) < 4.78 is 7.02. The van der Waals surface area contributed by atoms with Crippen LogP contribution in [0.2, 0.25) is 0 Å². The summed E-state index contributed by atoms with van der Waals surface area (Å²) in [6.07, 6.45) is 3.65. The predicted molar refractivity (Wildman–Crippen MR) is 98.6 cm³/mol. The molecule has 5 heteroatoms. The standard InChI is InChI=1S/C18H17BrN2O.ClH/c1-13-9-15(4-6-17(13)19)18-7-5-16(22-18)12-21-11-14-3-2-8-20-10-14;/h2-10,21H,11-12H2,1H3;1H. The van der Waals surface area contributed by atoms with Crippen LogP contribution in [0.4, 0.5) is 0 Å². The van der Waals surface area contributed by atoms with E-state index in [0.717, 1.165) is 33.7 Å². The van der Waals surface area contributed by atoms with Crippen molar-refractivity contribution in [2.24, 2.45) is 0 Å². The second-order valence-corrected chi connectivity index (χ2v) is 6.05. The van der Waals surface area contributed by atoms with E-state index in [4.69, 9.17) is 4.42 Å². The lowest BCUT2D eigenvalue weighted by molar-refractivity contribution is 0.493. The van der Waals surface area contributed by atoms with Crippen LogP contribution in [0.3, 0.4) is 0 Å². The smallest absolute Gasteiger partial charge is 0.134 e. The molecule has 2 heterocycles. The molecule has 1 N–H and O–H groups in total. The molecule has 0 amide bonds. The first-order valence-corrected chi connectivity index (χ1v) is 7.96. The Morgan fingerprint density at radius 1 is 1.13 bits per heavy atom. The molecular formula is C18H18BrClN2O. The van der Waals surface area contributed by atoms with Crippen molar-refractivity contribution in [3.05, 3.63) is 76.2 Å². The minimum atomic E-state index is 0. The Morgan fingerprint density at radius 2 is 2.00 bits per heavy atom. The van der Waals surface area contributed by atoms with E-state index in [1.165, 1.54) is 5.56 Å². The van der Waals surface area contributed by atoms with Crippen LogP contribution in [0.15, 0.2) is 63.7 Å². The SMILES string of the molecule is Cc1cc(-c2ccc(CNCc3cccnc3)o2)ccc1Br.Cl. The number of aromatic nitrogens is 1. The fraction of sp³-hybridized carbons (Fsp3) is 0.167. The van der Waals surface area contributed by atoms with Gasteiger partial charge in [-0.25, -0.2) is 0 Å². The maximum absolute atomic E-state index is 5.91. The van der Waals surface area contributed by atoms with Crippen molar-refractivity contribution in [2.75, 3.05) is 0 Å². The van der Waals surface area contributed by atoms with E-state index in [2.05, 4.69) is 51.4 Å². The van der Waals surface area contributed by atoms with Gasteiger partial charge in [0.15, 0.2) is 0 Å². The first kappa shape index (κ1) is 17.7.